The summed E-state index contributed by atoms with van der Waals surface area (Å²) in [5.74, 6) is -0.0626. The van der Waals surface area contributed by atoms with Gasteiger partial charge < -0.3 is 10.2 Å². The number of halogens is 1. The predicted octanol–water partition coefficient (Wildman–Crippen LogP) is 1.28. The van der Waals surface area contributed by atoms with Gasteiger partial charge in [-0.3, -0.25) is 9.67 Å². The van der Waals surface area contributed by atoms with E-state index >= 15 is 0 Å². The van der Waals surface area contributed by atoms with Crippen molar-refractivity contribution in [3.63, 3.8) is 0 Å². The average molecular weight is 305 g/mol. The van der Waals surface area contributed by atoms with Gasteiger partial charge in [0, 0.05) is 17.8 Å². The lowest BCUT2D eigenvalue weighted by Gasteiger charge is -1.98. The maximum Gasteiger partial charge on any atom is 0.196 e. The summed E-state index contributed by atoms with van der Waals surface area (Å²) in [6, 6.07) is 1.48. The molecule has 0 fully saturated rings. The van der Waals surface area contributed by atoms with E-state index < -0.39 is 0 Å². The molecule has 6 heteroatoms. The molecule has 0 aliphatic carbocycles. The van der Waals surface area contributed by atoms with Gasteiger partial charge in [-0.15, -0.1) is 0 Å². The van der Waals surface area contributed by atoms with Crippen LogP contribution in [0.1, 0.15) is 5.56 Å². The van der Waals surface area contributed by atoms with Gasteiger partial charge in [-0.25, -0.2) is 0 Å². The minimum atomic E-state index is -0.0423. The number of aromatic amines is 1. The highest BCUT2D eigenvalue weighted by Gasteiger charge is 2.07. The highest BCUT2D eigenvalue weighted by atomic mass is 127. The molecule has 0 bridgehead atoms. The van der Waals surface area contributed by atoms with Crippen LogP contribution < -0.4 is 0 Å². The van der Waals surface area contributed by atoms with Crippen LogP contribution in [0.15, 0.2) is 18.5 Å². The molecule has 0 spiro atoms. The molecule has 3 N–H and O–H groups in total. The first-order valence-corrected chi connectivity index (χ1v) is 5.01. The topological polar surface area (TPSA) is 74.1 Å². The number of hydrogen-bond donors (Lipinski definition) is 3. The van der Waals surface area contributed by atoms with Crippen LogP contribution in [0, 0.1) is 3.57 Å². The Bertz CT molecular complexity index is 449. The van der Waals surface area contributed by atoms with E-state index in [4.69, 9.17) is 5.11 Å². The van der Waals surface area contributed by atoms with Crippen LogP contribution in [0.3, 0.4) is 0 Å². The summed E-state index contributed by atoms with van der Waals surface area (Å²) in [5.41, 5.74) is 0.613. The Labute approximate surface area is 93.5 Å². The molecule has 0 aromatic carbocycles. The van der Waals surface area contributed by atoms with Crippen LogP contribution in [0.25, 0.3) is 0 Å². The zero-order valence-corrected chi connectivity index (χ0v) is 9.26. The molecule has 2 aromatic heterocycles. The lowest BCUT2D eigenvalue weighted by Crippen LogP contribution is -1.98. The smallest absolute Gasteiger partial charge is 0.196 e. The summed E-state index contributed by atoms with van der Waals surface area (Å²) in [4.78, 5) is 2.40. The summed E-state index contributed by atoms with van der Waals surface area (Å²) < 4.78 is 2.71. The van der Waals surface area contributed by atoms with E-state index in [1.54, 1.807) is 10.9 Å². The number of nitrogens with one attached hydrogen (secondary N) is 1. The van der Waals surface area contributed by atoms with E-state index in [2.05, 4.69) is 32.7 Å². The van der Waals surface area contributed by atoms with Crippen LogP contribution in [0.5, 0.6) is 11.8 Å². The fourth-order valence-corrected chi connectivity index (χ4v) is 1.64. The molecule has 0 aliphatic heterocycles. The summed E-state index contributed by atoms with van der Waals surface area (Å²) in [5, 5.41) is 22.5. The van der Waals surface area contributed by atoms with E-state index in [0.717, 1.165) is 3.57 Å². The number of aromatic hydroxyl groups is 2. The lowest BCUT2D eigenvalue weighted by atomic mass is 10.3. The molecular weight excluding hydrogens is 297 g/mol. The molecular formula is C8H8IN3O2. The van der Waals surface area contributed by atoms with Gasteiger partial charge in [-0.1, -0.05) is 0 Å². The van der Waals surface area contributed by atoms with Gasteiger partial charge in [0.05, 0.1) is 16.3 Å². The molecule has 2 aromatic rings. The first-order chi connectivity index (χ1) is 6.65. The van der Waals surface area contributed by atoms with Gasteiger partial charge in [0.2, 0.25) is 0 Å². The molecule has 0 amide bonds. The van der Waals surface area contributed by atoms with Crippen LogP contribution in [-0.4, -0.2) is 25.0 Å². The molecule has 14 heavy (non-hydrogen) atoms. The van der Waals surface area contributed by atoms with Crippen molar-refractivity contribution in [2.45, 2.75) is 6.54 Å². The van der Waals surface area contributed by atoms with Gasteiger partial charge in [-0.05, 0) is 22.6 Å². The van der Waals surface area contributed by atoms with E-state index in [1.165, 1.54) is 6.07 Å². The second kappa shape index (κ2) is 3.52. The first-order valence-electron chi connectivity index (χ1n) is 3.93. The van der Waals surface area contributed by atoms with E-state index in [0.29, 0.717) is 12.1 Å². The zero-order chi connectivity index (χ0) is 10.1. The number of nitrogens with zero attached hydrogens (tertiary/aromatic N) is 2. The van der Waals surface area contributed by atoms with Crippen molar-refractivity contribution in [3.05, 3.63) is 27.6 Å². The molecule has 2 rings (SSSR count). The predicted molar refractivity (Wildman–Crippen MR) is 58.2 cm³/mol. The standard InChI is InChI=1S/C8H8IN3O2/c9-6-2-10-12(4-6)3-5-1-7(13)11-8(5)14/h1-2,4,11,13-14H,3H2. The maximum absolute atomic E-state index is 9.34. The van der Waals surface area contributed by atoms with Crippen molar-refractivity contribution in [3.8, 4) is 11.8 Å². The zero-order valence-electron chi connectivity index (χ0n) is 7.11. The van der Waals surface area contributed by atoms with Crippen molar-refractivity contribution in [1.82, 2.24) is 14.8 Å². The summed E-state index contributed by atoms with van der Waals surface area (Å²) in [6.07, 6.45) is 3.58. The molecule has 5 nitrogen and oxygen atoms in total. The van der Waals surface area contributed by atoms with Gasteiger partial charge in [0.25, 0.3) is 0 Å². The fraction of sp³-hybridized carbons (Fsp3) is 0.125. The third-order valence-electron chi connectivity index (χ3n) is 1.80. The Balaban J connectivity index is 2.22. The van der Waals surface area contributed by atoms with E-state index in [-0.39, 0.29) is 11.8 Å². The highest BCUT2D eigenvalue weighted by molar-refractivity contribution is 14.1. The molecule has 0 radical (unpaired) electrons. The van der Waals surface area contributed by atoms with E-state index in [9.17, 15) is 5.11 Å². The quantitative estimate of drug-likeness (QED) is 0.732. The first kappa shape index (κ1) is 9.38. The molecule has 0 saturated heterocycles. The molecule has 74 valence electrons. The fourth-order valence-electron chi connectivity index (χ4n) is 1.19. The van der Waals surface area contributed by atoms with Gasteiger partial charge in [0.1, 0.15) is 0 Å². The summed E-state index contributed by atoms with van der Waals surface area (Å²) in [7, 11) is 0. The van der Waals surface area contributed by atoms with Crippen LogP contribution in [0.2, 0.25) is 0 Å². The van der Waals surface area contributed by atoms with Crippen LogP contribution >= 0.6 is 22.6 Å². The number of hydrogen-bond acceptors (Lipinski definition) is 3. The summed E-state index contributed by atoms with van der Waals surface area (Å²) in [6.45, 7) is 0.436. The SMILES string of the molecule is Oc1cc(Cn2cc(I)cn2)c(O)[nH]1. The lowest BCUT2D eigenvalue weighted by molar-refractivity contribution is 0.422. The molecule has 2 heterocycles. The van der Waals surface area contributed by atoms with Gasteiger partial charge in [0.15, 0.2) is 11.8 Å². The average Bonchev–Trinajstić information content (AvgIpc) is 2.61. The van der Waals surface area contributed by atoms with E-state index in [1.807, 2.05) is 6.20 Å². The minimum Gasteiger partial charge on any atom is -0.495 e. The second-order valence-electron chi connectivity index (χ2n) is 2.88. The second-order valence-corrected chi connectivity index (χ2v) is 4.13. The Morgan fingerprint density at radius 3 is 2.79 bits per heavy atom. The monoisotopic (exact) mass is 305 g/mol. The molecule has 0 aliphatic rings. The number of rotatable bonds is 2. The van der Waals surface area contributed by atoms with Crippen LogP contribution in [0.4, 0.5) is 0 Å². The normalized spacial score (nSPS) is 10.6. The van der Waals surface area contributed by atoms with Crippen LogP contribution in [-0.2, 0) is 6.54 Å². The molecule has 0 atom stereocenters. The van der Waals surface area contributed by atoms with Gasteiger partial charge in [-0.2, -0.15) is 5.10 Å². The van der Waals surface area contributed by atoms with Crippen molar-refractivity contribution in [1.29, 1.82) is 0 Å². The van der Waals surface area contributed by atoms with Gasteiger partial charge >= 0.3 is 0 Å². The Morgan fingerprint density at radius 1 is 1.50 bits per heavy atom. The largest absolute Gasteiger partial charge is 0.495 e. The highest BCUT2D eigenvalue weighted by Crippen LogP contribution is 2.22. The Hall–Kier alpha value is -1.18. The Kier molecular flexibility index (Phi) is 2.36. The summed E-state index contributed by atoms with van der Waals surface area (Å²) >= 11 is 2.15. The maximum atomic E-state index is 9.34. The molecule has 0 saturated carbocycles. The van der Waals surface area contributed by atoms with Crippen molar-refractivity contribution in [2.75, 3.05) is 0 Å². The number of H-pyrrole nitrogens is 1. The Morgan fingerprint density at radius 2 is 2.29 bits per heavy atom. The van der Waals surface area contributed by atoms with Crippen molar-refractivity contribution in [2.24, 2.45) is 0 Å². The third-order valence-corrected chi connectivity index (χ3v) is 2.35. The third kappa shape index (κ3) is 1.84. The number of aromatic nitrogens is 3. The van der Waals surface area contributed by atoms with Crippen molar-refractivity contribution < 1.29 is 10.2 Å². The minimum absolute atomic E-state index is 0.0204. The molecule has 0 unspecified atom stereocenters. The van der Waals surface area contributed by atoms with Crippen molar-refractivity contribution >= 4 is 22.6 Å².